The van der Waals surface area contributed by atoms with Gasteiger partial charge in [0.1, 0.15) is 0 Å². The van der Waals surface area contributed by atoms with Gasteiger partial charge in [0.05, 0.1) is 0 Å². The van der Waals surface area contributed by atoms with Crippen LogP contribution in [0.5, 0.6) is 0 Å². The van der Waals surface area contributed by atoms with Crippen LogP contribution in [0.1, 0.15) is 37.2 Å². The second kappa shape index (κ2) is 3.97. The maximum atomic E-state index is 3.65. The highest BCUT2D eigenvalue weighted by molar-refractivity contribution is 5.20. The van der Waals surface area contributed by atoms with E-state index in [1.165, 1.54) is 32.2 Å². The van der Waals surface area contributed by atoms with Gasteiger partial charge in [-0.2, -0.15) is 0 Å². The molecule has 15 heavy (non-hydrogen) atoms. The minimum atomic E-state index is 0.794. The third-order valence-electron chi connectivity index (χ3n) is 4.06. The van der Waals surface area contributed by atoms with E-state index in [0.29, 0.717) is 0 Å². The smallest absolute Gasteiger partial charge is 0.00755 e. The molecule has 0 spiro atoms. The third kappa shape index (κ3) is 1.93. The topological polar surface area (TPSA) is 12.0 Å². The summed E-state index contributed by atoms with van der Waals surface area (Å²) in [6, 6.07) is 11.9. The van der Waals surface area contributed by atoms with Crippen LogP contribution < -0.4 is 5.32 Å². The van der Waals surface area contributed by atoms with Crippen molar-refractivity contribution in [2.24, 2.45) is 5.92 Å². The average Bonchev–Trinajstić information content (AvgIpc) is 2.30. The van der Waals surface area contributed by atoms with Crippen molar-refractivity contribution in [2.75, 3.05) is 6.54 Å². The van der Waals surface area contributed by atoms with Crippen molar-refractivity contribution in [2.45, 2.75) is 37.6 Å². The van der Waals surface area contributed by atoms with Gasteiger partial charge in [0, 0.05) is 6.04 Å². The Morgan fingerprint density at radius 2 is 1.87 bits per heavy atom. The molecule has 0 amide bonds. The summed E-state index contributed by atoms with van der Waals surface area (Å²) in [4.78, 5) is 0. The molecule has 0 radical (unpaired) electrons. The van der Waals surface area contributed by atoms with Crippen LogP contribution in [0.15, 0.2) is 30.3 Å². The van der Waals surface area contributed by atoms with E-state index in [2.05, 4.69) is 35.6 Å². The lowest BCUT2D eigenvalue weighted by Gasteiger charge is -2.40. The third-order valence-corrected chi connectivity index (χ3v) is 4.06. The van der Waals surface area contributed by atoms with Crippen molar-refractivity contribution in [3.8, 4) is 0 Å². The Balaban J connectivity index is 1.78. The summed E-state index contributed by atoms with van der Waals surface area (Å²) >= 11 is 0. The Morgan fingerprint density at radius 1 is 1.00 bits per heavy atom. The highest BCUT2D eigenvalue weighted by Crippen LogP contribution is 2.39. The van der Waals surface area contributed by atoms with Gasteiger partial charge in [-0.3, -0.25) is 0 Å². The number of piperidine rings is 1. The van der Waals surface area contributed by atoms with E-state index >= 15 is 0 Å². The summed E-state index contributed by atoms with van der Waals surface area (Å²) in [5, 5.41) is 3.65. The minimum Gasteiger partial charge on any atom is -0.314 e. The van der Waals surface area contributed by atoms with E-state index in [9.17, 15) is 0 Å². The van der Waals surface area contributed by atoms with Gasteiger partial charge in [-0.05, 0) is 49.6 Å². The first-order chi connectivity index (χ1) is 7.42. The number of hydrogen-bond acceptors (Lipinski definition) is 1. The zero-order chi connectivity index (χ0) is 10.1. The molecule has 80 valence electrons. The normalized spacial score (nSPS) is 35.1. The first-order valence-electron chi connectivity index (χ1n) is 6.20. The quantitative estimate of drug-likeness (QED) is 0.736. The molecule has 1 saturated heterocycles. The number of benzene rings is 1. The lowest BCUT2D eigenvalue weighted by Crippen LogP contribution is -2.42. The predicted molar refractivity (Wildman–Crippen MR) is 62.9 cm³/mol. The summed E-state index contributed by atoms with van der Waals surface area (Å²) < 4.78 is 0. The van der Waals surface area contributed by atoms with E-state index in [4.69, 9.17) is 0 Å². The SMILES string of the molecule is c1ccc(C2CC3CCNC(C3)C2)cc1. The van der Waals surface area contributed by atoms with E-state index in [1.807, 2.05) is 0 Å². The van der Waals surface area contributed by atoms with Crippen LogP contribution in [-0.4, -0.2) is 12.6 Å². The standard InChI is InChI=1S/C14H19N/c1-2-4-12(5-3-1)13-8-11-6-7-15-14(9-11)10-13/h1-5,11,13-15H,6-10H2. The lowest BCUT2D eigenvalue weighted by molar-refractivity contribution is 0.203. The molecular formula is C14H19N. The van der Waals surface area contributed by atoms with Gasteiger partial charge in [0.15, 0.2) is 0 Å². The largest absolute Gasteiger partial charge is 0.314 e. The van der Waals surface area contributed by atoms with Crippen molar-refractivity contribution in [3.05, 3.63) is 35.9 Å². The molecule has 3 rings (SSSR count). The fraction of sp³-hybridized carbons (Fsp3) is 0.571. The molecule has 1 saturated carbocycles. The van der Waals surface area contributed by atoms with Crippen molar-refractivity contribution < 1.29 is 0 Å². The number of rotatable bonds is 1. The van der Waals surface area contributed by atoms with Crippen molar-refractivity contribution >= 4 is 0 Å². The number of nitrogens with one attached hydrogen (secondary N) is 1. The van der Waals surface area contributed by atoms with Gasteiger partial charge in [-0.15, -0.1) is 0 Å². The second-order valence-electron chi connectivity index (χ2n) is 5.12. The van der Waals surface area contributed by atoms with E-state index in [0.717, 1.165) is 17.9 Å². The molecule has 2 fully saturated rings. The van der Waals surface area contributed by atoms with Crippen LogP contribution in [0, 0.1) is 5.92 Å². The van der Waals surface area contributed by atoms with Gasteiger partial charge in [-0.25, -0.2) is 0 Å². The molecule has 0 aromatic heterocycles. The Bertz CT molecular complexity index is 307. The molecule has 2 bridgehead atoms. The molecular weight excluding hydrogens is 182 g/mol. The lowest BCUT2D eigenvalue weighted by atomic mass is 9.72. The zero-order valence-electron chi connectivity index (χ0n) is 9.15. The molecule has 1 aromatic carbocycles. The summed E-state index contributed by atoms with van der Waals surface area (Å²) in [7, 11) is 0. The van der Waals surface area contributed by atoms with Gasteiger partial charge >= 0.3 is 0 Å². The Labute approximate surface area is 91.9 Å². The molecule has 2 aliphatic rings. The van der Waals surface area contributed by atoms with Gasteiger partial charge in [0.2, 0.25) is 0 Å². The Morgan fingerprint density at radius 3 is 2.67 bits per heavy atom. The molecule has 1 nitrogen and oxygen atoms in total. The predicted octanol–water partition coefficient (Wildman–Crippen LogP) is 2.93. The first-order valence-corrected chi connectivity index (χ1v) is 6.20. The molecule has 1 aliphatic heterocycles. The van der Waals surface area contributed by atoms with Gasteiger partial charge < -0.3 is 5.32 Å². The van der Waals surface area contributed by atoms with Crippen molar-refractivity contribution in [1.29, 1.82) is 0 Å². The highest BCUT2D eigenvalue weighted by atomic mass is 14.9. The monoisotopic (exact) mass is 201 g/mol. The van der Waals surface area contributed by atoms with E-state index in [-0.39, 0.29) is 0 Å². The highest BCUT2D eigenvalue weighted by Gasteiger charge is 2.31. The summed E-state index contributed by atoms with van der Waals surface area (Å²) in [5.41, 5.74) is 1.55. The summed E-state index contributed by atoms with van der Waals surface area (Å²) in [5.74, 6) is 1.79. The van der Waals surface area contributed by atoms with Gasteiger partial charge in [-0.1, -0.05) is 30.3 Å². The average molecular weight is 201 g/mol. The van der Waals surface area contributed by atoms with Crippen LogP contribution >= 0.6 is 0 Å². The molecule has 1 N–H and O–H groups in total. The first kappa shape index (κ1) is 9.41. The Hall–Kier alpha value is -0.820. The molecule has 1 aromatic rings. The maximum Gasteiger partial charge on any atom is 0.00755 e. The number of hydrogen-bond donors (Lipinski definition) is 1. The van der Waals surface area contributed by atoms with Crippen molar-refractivity contribution in [1.82, 2.24) is 5.32 Å². The summed E-state index contributed by atoms with van der Waals surface area (Å²) in [6.45, 7) is 1.25. The second-order valence-corrected chi connectivity index (χ2v) is 5.12. The summed E-state index contributed by atoms with van der Waals surface area (Å²) in [6.07, 6.45) is 5.58. The minimum absolute atomic E-state index is 0.794. The maximum absolute atomic E-state index is 3.65. The Kier molecular flexibility index (Phi) is 2.49. The number of fused-ring (bicyclic) bond motifs is 2. The molecule has 1 heteroatoms. The van der Waals surface area contributed by atoms with Crippen molar-refractivity contribution in [3.63, 3.8) is 0 Å². The molecule has 1 aliphatic carbocycles. The van der Waals surface area contributed by atoms with E-state index < -0.39 is 0 Å². The fourth-order valence-corrected chi connectivity index (χ4v) is 3.33. The molecule has 3 atom stereocenters. The fourth-order valence-electron chi connectivity index (χ4n) is 3.33. The van der Waals surface area contributed by atoms with Crippen LogP contribution in [0.25, 0.3) is 0 Å². The van der Waals surface area contributed by atoms with Crippen LogP contribution in [0.2, 0.25) is 0 Å². The zero-order valence-corrected chi connectivity index (χ0v) is 9.15. The molecule has 1 heterocycles. The van der Waals surface area contributed by atoms with Gasteiger partial charge in [0.25, 0.3) is 0 Å². The van der Waals surface area contributed by atoms with Crippen LogP contribution in [-0.2, 0) is 0 Å². The van der Waals surface area contributed by atoms with Crippen LogP contribution in [0.3, 0.4) is 0 Å². The van der Waals surface area contributed by atoms with E-state index in [1.54, 1.807) is 5.56 Å². The van der Waals surface area contributed by atoms with Crippen LogP contribution in [0.4, 0.5) is 0 Å². The molecule has 3 unspecified atom stereocenters.